The zero-order valence-electron chi connectivity index (χ0n) is 11.1. The van der Waals surface area contributed by atoms with Gasteiger partial charge < -0.3 is 9.47 Å². The zero-order valence-corrected chi connectivity index (χ0v) is 12.7. The Bertz CT molecular complexity index is 582. The maximum Gasteiger partial charge on any atom is 0.343 e. The summed E-state index contributed by atoms with van der Waals surface area (Å²) >= 11 is 3.40. The van der Waals surface area contributed by atoms with Crippen LogP contribution in [0.3, 0.4) is 0 Å². The summed E-state index contributed by atoms with van der Waals surface area (Å²) in [7, 11) is 0. The molecule has 3 nitrogen and oxygen atoms in total. The van der Waals surface area contributed by atoms with Crippen molar-refractivity contribution in [3.05, 3.63) is 58.6 Å². The molecule has 2 rings (SSSR count). The third-order valence-electron chi connectivity index (χ3n) is 2.58. The predicted octanol–water partition coefficient (Wildman–Crippen LogP) is 4.46. The lowest BCUT2D eigenvalue weighted by molar-refractivity contribution is 0.0734. The van der Waals surface area contributed by atoms with Gasteiger partial charge in [-0.15, -0.1) is 0 Å². The summed E-state index contributed by atoms with van der Waals surface area (Å²) in [6.45, 7) is 2.69. The third-order valence-corrected chi connectivity index (χ3v) is 3.20. The fourth-order valence-electron chi connectivity index (χ4n) is 1.61. The maximum atomic E-state index is 12.0. The SMILES string of the molecule is CCCOc1ccc(C(=O)Oc2ccccc2)cc1Br. The van der Waals surface area contributed by atoms with Crippen molar-refractivity contribution < 1.29 is 14.3 Å². The number of hydrogen-bond donors (Lipinski definition) is 0. The summed E-state index contributed by atoms with van der Waals surface area (Å²) in [6.07, 6.45) is 0.935. The molecule has 0 heterocycles. The summed E-state index contributed by atoms with van der Waals surface area (Å²) in [6, 6.07) is 14.2. The molecule has 0 bridgehead atoms. The van der Waals surface area contributed by atoms with E-state index in [9.17, 15) is 4.79 Å². The van der Waals surface area contributed by atoms with E-state index in [1.807, 2.05) is 25.1 Å². The van der Waals surface area contributed by atoms with Crippen LogP contribution in [0, 0.1) is 0 Å². The highest BCUT2D eigenvalue weighted by atomic mass is 79.9. The van der Waals surface area contributed by atoms with Gasteiger partial charge in [-0.3, -0.25) is 0 Å². The number of para-hydroxylation sites is 1. The van der Waals surface area contributed by atoms with E-state index in [2.05, 4.69) is 15.9 Å². The van der Waals surface area contributed by atoms with E-state index in [1.54, 1.807) is 30.3 Å². The van der Waals surface area contributed by atoms with E-state index >= 15 is 0 Å². The van der Waals surface area contributed by atoms with Gasteiger partial charge >= 0.3 is 5.97 Å². The highest BCUT2D eigenvalue weighted by molar-refractivity contribution is 9.10. The van der Waals surface area contributed by atoms with Gasteiger partial charge in [0.25, 0.3) is 0 Å². The Morgan fingerprint density at radius 2 is 1.90 bits per heavy atom. The lowest BCUT2D eigenvalue weighted by atomic mass is 10.2. The molecular formula is C16H15BrO3. The van der Waals surface area contributed by atoms with E-state index in [4.69, 9.17) is 9.47 Å². The molecule has 0 unspecified atom stereocenters. The van der Waals surface area contributed by atoms with Gasteiger partial charge in [0.2, 0.25) is 0 Å². The Morgan fingerprint density at radius 1 is 1.15 bits per heavy atom. The van der Waals surface area contributed by atoms with Crippen molar-refractivity contribution in [2.45, 2.75) is 13.3 Å². The van der Waals surface area contributed by atoms with Crippen LogP contribution in [0.2, 0.25) is 0 Å². The molecule has 0 saturated carbocycles. The van der Waals surface area contributed by atoms with Gasteiger partial charge in [-0.2, -0.15) is 0 Å². The molecule has 0 N–H and O–H groups in total. The Balaban J connectivity index is 2.09. The molecule has 0 aliphatic carbocycles. The van der Waals surface area contributed by atoms with Gasteiger partial charge in [0.15, 0.2) is 0 Å². The van der Waals surface area contributed by atoms with Crippen LogP contribution in [0.4, 0.5) is 0 Å². The second kappa shape index (κ2) is 7.10. The number of ether oxygens (including phenoxy) is 2. The number of halogens is 1. The summed E-state index contributed by atoms with van der Waals surface area (Å²) in [5, 5.41) is 0. The highest BCUT2D eigenvalue weighted by Crippen LogP contribution is 2.26. The monoisotopic (exact) mass is 334 g/mol. The first-order chi connectivity index (χ1) is 9.70. The van der Waals surface area contributed by atoms with Crippen LogP contribution in [0.25, 0.3) is 0 Å². The predicted molar refractivity (Wildman–Crippen MR) is 81.3 cm³/mol. The average Bonchev–Trinajstić information content (AvgIpc) is 2.47. The maximum absolute atomic E-state index is 12.0. The Kier molecular flexibility index (Phi) is 5.18. The fourth-order valence-corrected chi connectivity index (χ4v) is 2.10. The minimum Gasteiger partial charge on any atom is -0.492 e. The van der Waals surface area contributed by atoms with Crippen molar-refractivity contribution in [2.75, 3.05) is 6.61 Å². The number of carbonyl (C=O) groups excluding carboxylic acids is 1. The van der Waals surface area contributed by atoms with Gasteiger partial charge in [-0.1, -0.05) is 25.1 Å². The molecule has 0 spiro atoms. The topological polar surface area (TPSA) is 35.5 Å². The van der Waals surface area contributed by atoms with Gasteiger partial charge in [-0.05, 0) is 52.7 Å². The van der Waals surface area contributed by atoms with E-state index in [0.29, 0.717) is 17.9 Å². The lowest BCUT2D eigenvalue weighted by Crippen LogP contribution is -2.08. The van der Waals surface area contributed by atoms with Gasteiger partial charge in [0, 0.05) is 0 Å². The van der Waals surface area contributed by atoms with Crippen molar-refractivity contribution in [2.24, 2.45) is 0 Å². The average molecular weight is 335 g/mol. The lowest BCUT2D eigenvalue weighted by Gasteiger charge is -2.09. The van der Waals surface area contributed by atoms with Crippen LogP contribution in [-0.2, 0) is 0 Å². The minimum absolute atomic E-state index is 0.390. The van der Waals surface area contributed by atoms with Gasteiger partial charge in [0.05, 0.1) is 16.6 Å². The summed E-state index contributed by atoms with van der Waals surface area (Å²) in [5.41, 5.74) is 0.476. The zero-order chi connectivity index (χ0) is 14.4. The molecule has 0 aromatic heterocycles. The van der Waals surface area contributed by atoms with Crippen LogP contribution in [0.1, 0.15) is 23.7 Å². The number of esters is 1. The van der Waals surface area contributed by atoms with E-state index < -0.39 is 0 Å². The van der Waals surface area contributed by atoms with Crippen molar-refractivity contribution in [1.29, 1.82) is 0 Å². The minimum atomic E-state index is -0.390. The molecule has 4 heteroatoms. The standard InChI is InChI=1S/C16H15BrO3/c1-2-10-19-15-9-8-12(11-14(15)17)16(18)20-13-6-4-3-5-7-13/h3-9,11H,2,10H2,1H3. The molecule has 20 heavy (non-hydrogen) atoms. The number of rotatable bonds is 5. The first-order valence-corrected chi connectivity index (χ1v) is 7.19. The smallest absolute Gasteiger partial charge is 0.343 e. The number of carbonyl (C=O) groups is 1. The molecule has 0 amide bonds. The van der Waals surface area contributed by atoms with Crippen LogP contribution < -0.4 is 9.47 Å². The molecule has 2 aromatic carbocycles. The first kappa shape index (κ1) is 14.6. The summed E-state index contributed by atoms with van der Waals surface area (Å²) in [4.78, 5) is 12.0. The molecule has 0 saturated heterocycles. The molecule has 0 aliphatic heterocycles. The van der Waals surface area contributed by atoms with Crippen LogP contribution in [-0.4, -0.2) is 12.6 Å². The first-order valence-electron chi connectivity index (χ1n) is 6.40. The summed E-state index contributed by atoms with van der Waals surface area (Å²) in [5.74, 6) is 0.863. The Labute approximate surface area is 126 Å². The molecule has 2 aromatic rings. The van der Waals surface area contributed by atoms with Crippen molar-refractivity contribution in [3.63, 3.8) is 0 Å². The largest absolute Gasteiger partial charge is 0.492 e. The molecule has 0 aliphatic rings. The highest BCUT2D eigenvalue weighted by Gasteiger charge is 2.11. The molecule has 0 fully saturated rings. The van der Waals surface area contributed by atoms with E-state index in [-0.39, 0.29) is 5.97 Å². The van der Waals surface area contributed by atoms with E-state index in [0.717, 1.165) is 16.6 Å². The van der Waals surface area contributed by atoms with E-state index in [1.165, 1.54) is 0 Å². The molecule has 104 valence electrons. The van der Waals surface area contributed by atoms with Gasteiger partial charge in [-0.25, -0.2) is 4.79 Å². The van der Waals surface area contributed by atoms with Crippen LogP contribution in [0.5, 0.6) is 11.5 Å². The second-order valence-corrected chi connectivity index (χ2v) is 5.05. The number of benzene rings is 2. The van der Waals surface area contributed by atoms with Crippen molar-refractivity contribution in [3.8, 4) is 11.5 Å². The summed E-state index contributed by atoms with van der Waals surface area (Å²) < 4.78 is 11.6. The quantitative estimate of drug-likeness (QED) is 0.598. The van der Waals surface area contributed by atoms with Crippen molar-refractivity contribution >= 4 is 21.9 Å². The van der Waals surface area contributed by atoms with Gasteiger partial charge in [0.1, 0.15) is 11.5 Å². The normalized spacial score (nSPS) is 10.1. The molecular weight excluding hydrogens is 320 g/mol. The van der Waals surface area contributed by atoms with Crippen LogP contribution in [0.15, 0.2) is 53.0 Å². The number of hydrogen-bond acceptors (Lipinski definition) is 3. The Morgan fingerprint density at radius 3 is 2.55 bits per heavy atom. The fraction of sp³-hybridized carbons (Fsp3) is 0.188. The molecule has 0 radical (unpaired) electrons. The molecule has 0 atom stereocenters. The third kappa shape index (κ3) is 3.84. The second-order valence-electron chi connectivity index (χ2n) is 4.20. The Hall–Kier alpha value is -1.81. The van der Waals surface area contributed by atoms with Crippen LogP contribution >= 0.6 is 15.9 Å². The van der Waals surface area contributed by atoms with Crippen molar-refractivity contribution in [1.82, 2.24) is 0 Å².